The number of ether oxygens (including phenoxy) is 1. The van der Waals surface area contributed by atoms with Gasteiger partial charge in [-0.25, -0.2) is 0 Å². The maximum Gasteiger partial charge on any atom is 0.256 e. The molecule has 1 aromatic carbocycles. The van der Waals surface area contributed by atoms with Crippen LogP contribution in [0.2, 0.25) is 0 Å². The van der Waals surface area contributed by atoms with Gasteiger partial charge in [0.15, 0.2) is 0 Å². The number of aromatic nitrogens is 1. The number of hydrogen-bond acceptors (Lipinski definition) is 4. The molecular formula is C16H19N3O3. The van der Waals surface area contributed by atoms with E-state index < -0.39 is 5.91 Å². The molecule has 1 unspecified atom stereocenters. The molecule has 0 aliphatic carbocycles. The van der Waals surface area contributed by atoms with Crippen molar-refractivity contribution in [3.63, 3.8) is 0 Å². The van der Waals surface area contributed by atoms with Crippen LogP contribution >= 0.6 is 0 Å². The normalized spacial score (nSPS) is 18.6. The summed E-state index contributed by atoms with van der Waals surface area (Å²) in [6.07, 6.45) is 0.0380. The molecule has 0 saturated carbocycles. The number of nitrogens with two attached hydrogens (primary N) is 1. The number of anilines is 1. The predicted octanol–water partition coefficient (Wildman–Crippen LogP) is 0.862. The van der Waals surface area contributed by atoms with Crippen LogP contribution in [0.5, 0.6) is 0 Å². The molecule has 1 aromatic heterocycles. The first-order valence-corrected chi connectivity index (χ1v) is 7.28. The molecule has 2 N–H and O–H groups in total. The van der Waals surface area contributed by atoms with Gasteiger partial charge in [-0.3, -0.25) is 9.59 Å². The fourth-order valence-corrected chi connectivity index (χ4v) is 3.08. The number of morpholine rings is 1. The van der Waals surface area contributed by atoms with Crippen molar-refractivity contribution in [2.24, 2.45) is 12.8 Å². The highest BCUT2D eigenvalue weighted by molar-refractivity contribution is 6.01. The van der Waals surface area contributed by atoms with Gasteiger partial charge in [-0.15, -0.1) is 0 Å². The Morgan fingerprint density at radius 2 is 2.09 bits per heavy atom. The van der Waals surface area contributed by atoms with E-state index in [1.165, 1.54) is 0 Å². The summed E-state index contributed by atoms with van der Waals surface area (Å²) in [5.41, 5.74) is 6.03. The van der Waals surface area contributed by atoms with Crippen LogP contribution in [-0.4, -0.2) is 36.3 Å². The lowest BCUT2D eigenvalue weighted by Crippen LogP contribution is -2.44. The Morgan fingerprint density at radius 1 is 1.36 bits per heavy atom. The molecule has 22 heavy (non-hydrogen) atoms. The topological polar surface area (TPSA) is 77.6 Å². The van der Waals surface area contributed by atoms with Crippen LogP contribution in [0.25, 0.3) is 10.9 Å². The summed E-state index contributed by atoms with van der Waals surface area (Å²) in [7, 11) is 1.85. The summed E-state index contributed by atoms with van der Waals surface area (Å²) in [6.45, 7) is 3.76. The Labute approximate surface area is 128 Å². The van der Waals surface area contributed by atoms with Crippen molar-refractivity contribution in [1.82, 2.24) is 4.57 Å². The number of carbonyl (C=O) groups excluding carboxylic acids is 1. The molecular weight excluding hydrogens is 282 g/mol. The van der Waals surface area contributed by atoms with Crippen LogP contribution in [0.15, 0.2) is 29.1 Å². The van der Waals surface area contributed by atoms with Crippen LogP contribution < -0.4 is 16.1 Å². The summed E-state index contributed by atoms with van der Waals surface area (Å²) in [4.78, 5) is 26.6. The minimum Gasteiger partial charge on any atom is -0.375 e. The van der Waals surface area contributed by atoms with E-state index in [2.05, 4.69) is 0 Å². The molecule has 0 radical (unpaired) electrons. The molecule has 1 atom stereocenters. The summed E-state index contributed by atoms with van der Waals surface area (Å²) < 4.78 is 7.41. The molecule has 2 aromatic rings. The van der Waals surface area contributed by atoms with E-state index in [0.29, 0.717) is 30.9 Å². The maximum atomic E-state index is 12.7. The van der Waals surface area contributed by atoms with Crippen LogP contribution in [0.1, 0.15) is 17.3 Å². The van der Waals surface area contributed by atoms with E-state index in [9.17, 15) is 9.59 Å². The third-order valence-corrected chi connectivity index (χ3v) is 4.07. The molecule has 1 aliphatic rings. The summed E-state index contributed by atoms with van der Waals surface area (Å²) >= 11 is 0. The first-order valence-electron chi connectivity index (χ1n) is 7.28. The highest BCUT2D eigenvalue weighted by Gasteiger charge is 2.26. The Balaban J connectivity index is 2.32. The maximum absolute atomic E-state index is 12.7. The van der Waals surface area contributed by atoms with Gasteiger partial charge in [0.1, 0.15) is 11.4 Å². The van der Waals surface area contributed by atoms with Crippen LogP contribution in [0.4, 0.5) is 5.82 Å². The van der Waals surface area contributed by atoms with E-state index >= 15 is 0 Å². The summed E-state index contributed by atoms with van der Waals surface area (Å²) in [5.74, 6) is -0.119. The van der Waals surface area contributed by atoms with Gasteiger partial charge >= 0.3 is 0 Å². The molecule has 116 valence electrons. The van der Waals surface area contributed by atoms with Gasteiger partial charge in [-0.2, -0.15) is 0 Å². The average Bonchev–Trinajstić information content (AvgIpc) is 2.50. The number of hydrogen-bond donors (Lipinski definition) is 1. The van der Waals surface area contributed by atoms with Gasteiger partial charge in [-0.1, -0.05) is 12.1 Å². The molecule has 6 heteroatoms. The minimum absolute atomic E-state index is 0.0380. The third kappa shape index (κ3) is 2.25. The van der Waals surface area contributed by atoms with Gasteiger partial charge in [-0.05, 0) is 19.1 Å². The Morgan fingerprint density at radius 3 is 2.77 bits per heavy atom. The van der Waals surface area contributed by atoms with Gasteiger partial charge in [0.05, 0.1) is 18.2 Å². The van der Waals surface area contributed by atoms with Crippen LogP contribution in [0.3, 0.4) is 0 Å². The van der Waals surface area contributed by atoms with Crippen molar-refractivity contribution in [2.45, 2.75) is 13.0 Å². The second-order valence-corrected chi connectivity index (χ2v) is 5.60. The zero-order valence-corrected chi connectivity index (χ0v) is 12.7. The number of benzene rings is 1. The zero-order valence-electron chi connectivity index (χ0n) is 12.7. The lowest BCUT2D eigenvalue weighted by molar-refractivity contribution is 0.0526. The number of primary amides is 1. The van der Waals surface area contributed by atoms with Crippen LogP contribution in [-0.2, 0) is 11.8 Å². The van der Waals surface area contributed by atoms with Crippen molar-refractivity contribution < 1.29 is 9.53 Å². The van der Waals surface area contributed by atoms with Crippen molar-refractivity contribution >= 4 is 22.6 Å². The molecule has 3 rings (SSSR count). The number of aryl methyl sites for hydroxylation is 1. The SMILES string of the molecule is CC1CN(c2c(C(N)=O)c(=O)c3ccccc3n2C)CCO1. The molecule has 0 spiro atoms. The zero-order chi connectivity index (χ0) is 15.9. The van der Waals surface area contributed by atoms with E-state index in [-0.39, 0.29) is 17.1 Å². The van der Waals surface area contributed by atoms with E-state index in [1.54, 1.807) is 12.1 Å². The number of para-hydroxylation sites is 1. The lowest BCUT2D eigenvalue weighted by atomic mass is 10.1. The number of amides is 1. The van der Waals surface area contributed by atoms with Gasteiger partial charge in [0.25, 0.3) is 5.91 Å². The number of pyridine rings is 1. The monoisotopic (exact) mass is 301 g/mol. The Bertz CT molecular complexity index is 797. The molecule has 2 heterocycles. The van der Waals surface area contributed by atoms with E-state index in [1.807, 2.05) is 35.6 Å². The Kier molecular flexibility index (Phi) is 3.62. The van der Waals surface area contributed by atoms with Gasteiger partial charge < -0.3 is 19.9 Å². The standard InChI is InChI=1S/C16H19N3O3/c1-10-9-19(7-8-22-10)16-13(15(17)21)14(20)11-5-3-4-6-12(11)18(16)2/h3-6,10H,7-9H2,1-2H3,(H2,17,21). The molecule has 6 nitrogen and oxygen atoms in total. The van der Waals surface area contributed by atoms with Crippen molar-refractivity contribution in [2.75, 3.05) is 24.6 Å². The number of rotatable bonds is 2. The quantitative estimate of drug-likeness (QED) is 0.892. The van der Waals surface area contributed by atoms with E-state index in [4.69, 9.17) is 10.5 Å². The third-order valence-electron chi connectivity index (χ3n) is 4.07. The number of carbonyl (C=O) groups is 1. The second-order valence-electron chi connectivity index (χ2n) is 5.60. The predicted molar refractivity (Wildman–Crippen MR) is 85.3 cm³/mol. The van der Waals surface area contributed by atoms with Crippen molar-refractivity contribution in [3.8, 4) is 0 Å². The molecule has 1 saturated heterocycles. The van der Waals surface area contributed by atoms with Gasteiger partial charge in [0.2, 0.25) is 5.43 Å². The lowest BCUT2D eigenvalue weighted by Gasteiger charge is -2.35. The summed E-state index contributed by atoms with van der Waals surface area (Å²) in [5, 5.41) is 0.504. The molecule has 0 bridgehead atoms. The fourth-order valence-electron chi connectivity index (χ4n) is 3.08. The van der Waals surface area contributed by atoms with Gasteiger partial charge in [0, 0.05) is 25.5 Å². The number of fused-ring (bicyclic) bond motifs is 1. The fraction of sp³-hybridized carbons (Fsp3) is 0.375. The smallest absolute Gasteiger partial charge is 0.256 e. The van der Waals surface area contributed by atoms with Crippen molar-refractivity contribution in [1.29, 1.82) is 0 Å². The van der Waals surface area contributed by atoms with Crippen LogP contribution in [0, 0.1) is 0 Å². The first-order chi connectivity index (χ1) is 10.5. The molecule has 1 amide bonds. The minimum atomic E-state index is -0.694. The second kappa shape index (κ2) is 5.46. The highest BCUT2D eigenvalue weighted by Crippen LogP contribution is 2.24. The first kappa shape index (κ1) is 14.6. The highest BCUT2D eigenvalue weighted by atomic mass is 16.5. The number of nitrogens with zero attached hydrogens (tertiary/aromatic N) is 2. The van der Waals surface area contributed by atoms with E-state index in [0.717, 1.165) is 5.52 Å². The average molecular weight is 301 g/mol. The summed E-state index contributed by atoms with van der Waals surface area (Å²) in [6, 6.07) is 7.24. The molecule has 1 fully saturated rings. The Hall–Kier alpha value is -2.34. The largest absolute Gasteiger partial charge is 0.375 e. The molecule has 1 aliphatic heterocycles. The van der Waals surface area contributed by atoms with Crippen molar-refractivity contribution in [3.05, 3.63) is 40.1 Å².